The van der Waals surface area contributed by atoms with Gasteiger partial charge in [-0.3, -0.25) is 10.2 Å². The third-order valence-electron chi connectivity index (χ3n) is 4.57. The molecule has 0 aliphatic carbocycles. The zero-order valence-corrected chi connectivity index (χ0v) is 16.0. The number of anilines is 2. The Kier molecular flexibility index (Phi) is 5.65. The van der Waals surface area contributed by atoms with Gasteiger partial charge in [-0.05, 0) is 62.4 Å². The van der Waals surface area contributed by atoms with Gasteiger partial charge in [-0.15, -0.1) is 0 Å². The van der Waals surface area contributed by atoms with Gasteiger partial charge >= 0.3 is 5.97 Å². The fraction of sp³-hybridized carbons (Fsp3) is 0.300. The van der Waals surface area contributed by atoms with E-state index in [4.69, 9.17) is 16.3 Å². The molecule has 0 aromatic heterocycles. The first-order valence-corrected chi connectivity index (χ1v) is 9.06. The van der Waals surface area contributed by atoms with E-state index in [0.29, 0.717) is 30.4 Å². The van der Waals surface area contributed by atoms with Gasteiger partial charge in [-0.2, -0.15) is 5.10 Å². The topological polar surface area (TPSA) is 53.9 Å². The Bertz CT molecular complexity index is 839. The molecule has 1 unspecified atom stereocenters. The fourth-order valence-corrected chi connectivity index (χ4v) is 3.13. The number of ether oxygens (including phenoxy) is 1. The highest BCUT2D eigenvalue weighted by Gasteiger charge is 2.47. The zero-order valence-electron chi connectivity index (χ0n) is 15.2. The molecule has 0 radical (unpaired) electrons. The standard InChI is InChI=1S/C20H21ClFN3O2/c1-3-27-19(26)20(2)13-25(17-10-6-15(22)7-11-17)12-18(20)24-23-16-8-4-14(21)5-9-16/h4-11,23H,3,12-13H2,1-2H3/b24-18+. The summed E-state index contributed by atoms with van der Waals surface area (Å²) in [6, 6.07) is 13.3. The first kappa shape index (κ1) is 19.2. The van der Waals surface area contributed by atoms with Crippen LogP contribution in [0.1, 0.15) is 13.8 Å². The van der Waals surface area contributed by atoms with Crippen LogP contribution in [0.25, 0.3) is 0 Å². The molecule has 1 aliphatic rings. The van der Waals surface area contributed by atoms with Crippen LogP contribution >= 0.6 is 11.6 Å². The van der Waals surface area contributed by atoms with Crippen LogP contribution in [0, 0.1) is 11.2 Å². The number of hydrazone groups is 1. The van der Waals surface area contributed by atoms with Crippen molar-refractivity contribution in [2.75, 3.05) is 30.0 Å². The summed E-state index contributed by atoms with van der Waals surface area (Å²) in [5, 5.41) is 5.11. The lowest BCUT2D eigenvalue weighted by Gasteiger charge is -2.23. The van der Waals surface area contributed by atoms with E-state index >= 15 is 0 Å². The molecule has 0 bridgehead atoms. The minimum Gasteiger partial charge on any atom is -0.465 e. The van der Waals surface area contributed by atoms with Crippen molar-refractivity contribution in [3.63, 3.8) is 0 Å². The smallest absolute Gasteiger partial charge is 0.319 e. The minimum atomic E-state index is -0.899. The molecule has 142 valence electrons. The van der Waals surface area contributed by atoms with E-state index in [-0.39, 0.29) is 11.8 Å². The van der Waals surface area contributed by atoms with Crippen LogP contribution in [0.2, 0.25) is 5.02 Å². The molecule has 3 rings (SSSR count). The zero-order chi connectivity index (χ0) is 19.4. The van der Waals surface area contributed by atoms with E-state index in [1.165, 1.54) is 12.1 Å². The Labute approximate surface area is 162 Å². The normalized spacial score (nSPS) is 20.7. The van der Waals surface area contributed by atoms with Crippen LogP contribution in [-0.4, -0.2) is 31.4 Å². The number of nitrogens with zero attached hydrogens (tertiary/aromatic N) is 2. The molecule has 2 aromatic carbocycles. The number of carbonyl (C=O) groups excluding carboxylic acids is 1. The van der Waals surface area contributed by atoms with Crippen molar-refractivity contribution in [3.05, 3.63) is 59.4 Å². The van der Waals surface area contributed by atoms with E-state index in [1.807, 2.05) is 11.8 Å². The molecule has 1 aliphatic heterocycles. The van der Waals surface area contributed by atoms with Gasteiger partial charge in [0.1, 0.15) is 11.2 Å². The highest BCUT2D eigenvalue weighted by molar-refractivity contribution is 6.30. The van der Waals surface area contributed by atoms with Gasteiger partial charge in [-0.1, -0.05) is 11.6 Å². The molecule has 5 nitrogen and oxygen atoms in total. The number of halogens is 2. The van der Waals surface area contributed by atoms with Crippen LogP contribution in [0.3, 0.4) is 0 Å². The summed E-state index contributed by atoms with van der Waals surface area (Å²) in [6.07, 6.45) is 0. The Morgan fingerprint density at radius 3 is 2.56 bits per heavy atom. The lowest BCUT2D eigenvalue weighted by atomic mass is 9.88. The number of carbonyl (C=O) groups is 1. The lowest BCUT2D eigenvalue weighted by molar-refractivity contribution is -0.149. The molecular formula is C20H21ClFN3O2. The summed E-state index contributed by atoms with van der Waals surface area (Å²) in [5.74, 6) is -0.629. The van der Waals surface area contributed by atoms with Crippen molar-refractivity contribution >= 4 is 34.7 Å². The van der Waals surface area contributed by atoms with Gasteiger partial charge in [0.15, 0.2) is 0 Å². The summed E-state index contributed by atoms with van der Waals surface area (Å²) in [5.41, 5.74) is 4.32. The second-order valence-electron chi connectivity index (χ2n) is 6.56. The third kappa shape index (κ3) is 4.22. The Morgan fingerprint density at radius 2 is 1.93 bits per heavy atom. The van der Waals surface area contributed by atoms with E-state index in [0.717, 1.165) is 11.4 Å². The fourth-order valence-electron chi connectivity index (χ4n) is 3.01. The average Bonchev–Trinajstić information content (AvgIpc) is 3.00. The Hall–Kier alpha value is -2.60. The second kappa shape index (κ2) is 7.96. The number of rotatable bonds is 5. The third-order valence-corrected chi connectivity index (χ3v) is 4.82. The molecule has 1 heterocycles. The number of benzene rings is 2. The molecule has 27 heavy (non-hydrogen) atoms. The highest BCUT2D eigenvalue weighted by atomic mass is 35.5. The largest absolute Gasteiger partial charge is 0.465 e. The molecule has 0 spiro atoms. The number of hydrogen-bond donors (Lipinski definition) is 1. The van der Waals surface area contributed by atoms with E-state index < -0.39 is 5.41 Å². The van der Waals surface area contributed by atoms with Gasteiger partial charge in [0, 0.05) is 17.3 Å². The van der Waals surface area contributed by atoms with Crippen molar-refractivity contribution in [1.29, 1.82) is 0 Å². The molecule has 1 N–H and O–H groups in total. The molecule has 2 aromatic rings. The molecular weight excluding hydrogens is 369 g/mol. The number of esters is 1. The van der Waals surface area contributed by atoms with Crippen LogP contribution in [-0.2, 0) is 9.53 Å². The van der Waals surface area contributed by atoms with Crippen molar-refractivity contribution in [3.8, 4) is 0 Å². The monoisotopic (exact) mass is 389 g/mol. The molecule has 1 saturated heterocycles. The molecule has 0 amide bonds. The van der Waals surface area contributed by atoms with E-state index in [2.05, 4.69) is 10.5 Å². The summed E-state index contributed by atoms with van der Waals surface area (Å²) in [4.78, 5) is 14.6. The summed E-state index contributed by atoms with van der Waals surface area (Å²) >= 11 is 5.90. The molecule has 1 fully saturated rings. The quantitative estimate of drug-likeness (QED) is 0.610. The number of nitrogens with one attached hydrogen (secondary N) is 1. The first-order valence-electron chi connectivity index (χ1n) is 8.69. The lowest BCUT2D eigenvalue weighted by Crippen LogP contribution is -2.38. The molecule has 0 saturated carbocycles. The molecule has 7 heteroatoms. The predicted molar refractivity (Wildman–Crippen MR) is 106 cm³/mol. The summed E-state index contributed by atoms with van der Waals surface area (Å²) in [6.45, 7) is 4.72. The van der Waals surface area contributed by atoms with Crippen molar-refractivity contribution in [2.45, 2.75) is 13.8 Å². The van der Waals surface area contributed by atoms with Gasteiger partial charge in [0.25, 0.3) is 0 Å². The Balaban J connectivity index is 1.87. The maximum atomic E-state index is 13.2. The predicted octanol–water partition coefficient (Wildman–Crippen LogP) is 4.34. The van der Waals surface area contributed by atoms with Crippen molar-refractivity contribution < 1.29 is 13.9 Å². The second-order valence-corrected chi connectivity index (χ2v) is 7.00. The number of hydrogen-bond acceptors (Lipinski definition) is 5. The average molecular weight is 390 g/mol. The van der Waals surface area contributed by atoms with Crippen molar-refractivity contribution in [1.82, 2.24) is 0 Å². The van der Waals surface area contributed by atoms with E-state index in [1.54, 1.807) is 43.3 Å². The van der Waals surface area contributed by atoms with Crippen molar-refractivity contribution in [2.24, 2.45) is 10.5 Å². The minimum absolute atomic E-state index is 0.295. The maximum absolute atomic E-state index is 13.2. The van der Waals surface area contributed by atoms with Crippen LogP contribution in [0.5, 0.6) is 0 Å². The summed E-state index contributed by atoms with van der Waals surface area (Å²) in [7, 11) is 0. The van der Waals surface area contributed by atoms with Gasteiger partial charge in [0.2, 0.25) is 0 Å². The van der Waals surface area contributed by atoms with Crippen LogP contribution in [0.15, 0.2) is 53.6 Å². The van der Waals surface area contributed by atoms with E-state index in [9.17, 15) is 9.18 Å². The summed E-state index contributed by atoms with van der Waals surface area (Å²) < 4.78 is 18.5. The highest BCUT2D eigenvalue weighted by Crippen LogP contribution is 2.33. The van der Waals surface area contributed by atoms with Gasteiger partial charge < -0.3 is 9.64 Å². The Morgan fingerprint density at radius 1 is 1.26 bits per heavy atom. The maximum Gasteiger partial charge on any atom is 0.319 e. The van der Waals surface area contributed by atoms with Gasteiger partial charge in [-0.25, -0.2) is 4.39 Å². The first-order chi connectivity index (χ1) is 12.9. The van der Waals surface area contributed by atoms with Gasteiger partial charge in [0.05, 0.1) is 24.6 Å². The van der Waals surface area contributed by atoms with Crippen LogP contribution in [0.4, 0.5) is 15.8 Å². The SMILES string of the molecule is CCOC(=O)C1(C)CN(c2ccc(F)cc2)C/C1=N\Nc1ccc(Cl)cc1. The van der Waals surface area contributed by atoms with Crippen LogP contribution < -0.4 is 10.3 Å². The molecule has 1 atom stereocenters.